The zero-order chi connectivity index (χ0) is 18.6. The minimum atomic E-state index is 0.243. The SMILES string of the molecule is CCc1ccc(NC=C(C#N)c2nc(-c3ccc4c(c3)OCO4)cs2)cc1. The standard InChI is InChI=1S/C21H17N3O2S/c1-2-14-3-6-17(7-4-14)23-11-16(10-22)21-24-18(12-27-21)15-5-8-19-20(9-15)26-13-25-19/h3-9,11-12,23H,2,13H2,1H3. The van der Waals surface area contributed by atoms with Gasteiger partial charge in [0, 0.05) is 22.8 Å². The van der Waals surface area contributed by atoms with Gasteiger partial charge in [-0.15, -0.1) is 11.3 Å². The molecule has 0 bridgehead atoms. The van der Waals surface area contributed by atoms with E-state index in [4.69, 9.17) is 9.47 Å². The van der Waals surface area contributed by atoms with Crippen LogP contribution in [0, 0.1) is 11.3 Å². The summed E-state index contributed by atoms with van der Waals surface area (Å²) in [6.45, 7) is 2.36. The third-order valence-electron chi connectivity index (χ3n) is 4.27. The third-order valence-corrected chi connectivity index (χ3v) is 5.14. The number of anilines is 1. The highest BCUT2D eigenvalue weighted by molar-refractivity contribution is 7.11. The number of nitrogens with one attached hydrogen (secondary N) is 1. The minimum absolute atomic E-state index is 0.243. The van der Waals surface area contributed by atoms with Gasteiger partial charge in [-0.25, -0.2) is 4.98 Å². The van der Waals surface area contributed by atoms with E-state index in [1.54, 1.807) is 6.20 Å². The van der Waals surface area contributed by atoms with Crippen LogP contribution in [0.2, 0.25) is 0 Å². The molecule has 0 saturated heterocycles. The van der Waals surface area contributed by atoms with E-state index in [0.29, 0.717) is 10.6 Å². The van der Waals surface area contributed by atoms with Gasteiger partial charge in [-0.1, -0.05) is 19.1 Å². The van der Waals surface area contributed by atoms with Crippen molar-refractivity contribution in [3.8, 4) is 28.8 Å². The molecule has 27 heavy (non-hydrogen) atoms. The molecule has 0 aliphatic carbocycles. The Balaban J connectivity index is 1.54. The maximum absolute atomic E-state index is 9.52. The lowest BCUT2D eigenvalue weighted by Crippen LogP contribution is -1.92. The Hall–Kier alpha value is -3.30. The van der Waals surface area contributed by atoms with Crippen LogP contribution in [0.4, 0.5) is 5.69 Å². The summed E-state index contributed by atoms with van der Waals surface area (Å²) >= 11 is 1.44. The van der Waals surface area contributed by atoms with Crippen LogP contribution in [0.15, 0.2) is 54.0 Å². The van der Waals surface area contributed by atoms with E-state index < -0.39 is 0 Å². The first kappa shape index (κ1) is 17.1. The van der Waals surface area contributed by atoms with E-state index in [1.165, 1.54) is 16.9 Å². The van der Waals surface area contributed by atoms with E-state index in [9.17, 15) is 5.26 Å². The summed E-state index contributed by atoms with van der Waals surface area (Å²) in [5.41, 5.74) is 4.45. The number of ether oxygens (including phenoxy) is 2. The number of allylic oxidation sites excluding steroid dienone is 1. The number of hydrogen-bond donors (Lipinski definition) is 1. The highest BCUT2D eigenvalue weighted by Gasteiger charge is 2.15. The molecule has 1 aliphatic heterocycles. The average Bonchev–Trinajstić information content (AvgIpc) is 3.38. The van der Waals surface area contributed by atoms with Crippen molar-refractivity contribution in [1.29, 1.82) is 5.26 Å². The van der Waals surface area contributed by atoms with E-state index >= 15 is 0 Å². The summed E-state index contributed by atoms with van der Waals surface area (Å²) in [5, 5.41) is 15.3. The van der Waals surface area contributed by atoms with Crippen molar-refractivity contribution in [3.05, 3.63) is 64.6 Å². The Labute approximate surface area is 161 Å². The summed E-state index contributed by atoms with van der Waals surface area (Å²) in [6, 6.07) is 16.1. The number of benzene rings is 2. The molecule has 0 atom stereocenters. The Kier molecular flexibility index (Phi) is 4.77. The van der Waals surface area contributed by atoms with Crippen LogP contribution < -0.4 is 14.8 Å². The van der Waals surface area contributed by atoms with Crippen molar-refractivity contribution in [3.63, 3.8) is 0 Å². The lowest BCUT2D eigenvalue weighted by atomic mass is 10.1. The maximum Gasteiger partial charge on any atom is 0.231 e. The summed E-state index contributed by atoms with van der Waals surface area (Å²) in [5.74, 6) is 1.46. The smallest absolute Gasteiger partial charge is 0.231 e. The molecule has 2 heterocycles. The van der Waals surface area contributed by atoms with E-state index in [1.807, 2.05) is 35.7 Å². The number of hydrogen-bond acceptors (Lipinski definition) is 6. The number of thiazole rings is 1. The van der Waals surface area contributed by atoms with Gasteiger partial charge < -0.3 is 14.8 Å². The molecule has 0 radical (unpaired) electrons. The van der Waals surface area contributed by atoms with Gasteiger partial charge >= 0.3 is 0 Å². The summed E-state index contributed by atoms with van der Waals surface area (Å²) < 4.78 is 10.8. The molecule has 1 aromatic heterocycles. The minimum Gasteiger partial charge on any atom is -0.454 e. The summed E-state index contributed by atoms with van der Waals surface area (Å²) in [7, 11) is 0. The summed E-state index contributed by atoms with van der Waals surface area (Å²) in [6.07, 6.45) is 2.70. The van der Waals surface area contributed by atoms with Gasteiger partial charge in [0.1, 0.15) is 16.6 Å². The van der Waals surface area contributed by atoms with Crippen molar-refractivity contribution >= 4 is 22.6 Å². The first-order valence-corrected chi connectivity index (χ1v) is 9.46. The Morgan fingerprint density at radius 3 is 2.81 bits per heavy atom. The van der Waals surface area contributed by atoms with Crippen molar-refractivity contribution in [2.75, 3.05) is 12.1 Å². The third kappa shape index (κ3) is 3.64. The highest BCUT2D eigenvalue weighted by atomic mass is 32.1. The van der Waals surface area contributed by atoms with Gasteiger partial charge in [-0.05, 0) is 42.3 Å². The maximum atomic E-state index is 9.52. The normalized spacial score (nSPS) is 12.7. The van der Waals surface area contributed by atoms with Gasteiger partial charge in [0.15, 0.2) is 11.5 Å². The van der Waals surface area contributed by atoms with Gasteiger partial charge in [-0.2, -0.15) is 5.26 Å². The molecular formula is C21H17N3O2S. The summed E-state index contributed by atoms with van der Waals surface area (Å²) in [4.78, 5) is 4.61. The first-order valence-electron chi connectivity index (χ1n) is 8.58. The Bertz CT molecular complexity index is 1030. The first-order chi connectivity index (χ1) is 13.3. The topological polar surface area (TPSA) is 67.2 Å². The van der Waals surface area contributed by atoms with Gasteiger partial charge in [0.2, 0.25) is 6.79 Å². The van der Waals surface area contributed by atoms with Gasteiger partial charge in [-0.3, -0.25) is 0 Å². The molecule has 0 unspecified atom stereocenters. The molecule has 1 aliphatic rings. The number of fused-ring (bicyclic) bond motifs is 1. The molecule has 5 nitrogen and oxygen atoms in total. The molecule has 0 amide bonds. The van der Waals surface area contributed by atoms with Crippen LogP contribution in [0.3, 0.4) is 0 Å². The van der Waals surface area contributed by atoms with Crippen molar-refractivity contribution in [2.24, 2.45) is 0 Å². The molecule has 2 aromatic carbocycles. The van der Waals surface area contributed by atoms with Crippen molar-refractivity contribution in [1.82, 2.24) is 4.98 Å². The molecule has 0 fully saturated rings. The molecule has 134 valence electrons. The van der Waals surface area contributed by atoms with Crippen LogP contribution in [0.5, 0.6) is 11.5 Å². The zero-order valence-corrected chi connectivity index (χ0v) is 15.5. The lowest BCUT2D eigenvalue weighted by Gasteiger charge is -2.03. The monoisotopic (exact) mass is 375 g/mol. The Morgan fingerprint density at radius 2 is 2.04 bits per heavy atom. The fraction of sp³-hybridized carbons (Fsp3) is 0.143. The average molecular weight is 375 g/mol. The van der Waals surface area contributed by atoms with E-state index in [0.717, 1.165) is 34.9 Å². The fourth-order valence-electron chi connectivity index (χ4n) is 2.72. The van der Waals surface area contributed by atoms with Crippen molar-refractivity contribution in [2.45, 2.75) is 13.3 Å². The van der Waals surface area contributed by atoms with Crippen LogP contribution in [0.1, 0.15) is 17.5 Å². The van der Waals surface area contributed by atoms with Crippen LogP contribution in [-0.4, -0.2) is 11.8 Å². The van der Waals surface area contributed by atoms with E-state index in [-0.39, 0.29) is 6.79 Å². The fourth-order valence-corrected chi connectivity index (χ4v) is 3.51. The molecule has 0 spiro atoms. The number of nitrogens with zero attached hydrogens (tertiary/aromatic N) is 2. The molecule has 3 aromatic rings. The van der Waals surface area contributed by atoms with Crippen molar-refractivity contribution < 1.29 is 9.47 Å². The number of rotatable bonds is 5. The predicted octanol–water partition coefficient (Wildman–Crippen LogP) is 5.08. The quantitative estimate of drug-likeness (QED) is 0.630. The second-order valence-electron chi connectivity index (χ2n) is 5.97. The molecular weight excluding hydrogens is 358 g/mol. The lowest BCUT2D eigenvalue weighted by molar-refractivity contribution is 0.174. The molecule has 0 saturated carbocycles. The van der Waals surface area contributed by atoms with Gasteiger partial charge in [0.05, 0.1) is 5.69 Å². The zero-order valence-electron chi connectivity index (χ0n) is 14.7. The molecule has 1 N–H and O–H groups in total. The predicted molar refractivity (Wildman–Crippen MR) is 107 cm³/mol. The number of aromatic nitrogens is 1. The Morgan fingerprint density at radius 1 is 1.22 bits per heavy atom. The largest absolute Gasteiger partial charge is 0.454 e. The van der Waals surface area contributed by atoms with Gasteiger partial charge in [0.25, 0.3) is 0 Å². The van der Waals surface area contributed by atoms with Crippen LogP contribution in [-0.2, 0) is 6.42 Å². The molecule has 6 heteroatoms. The highest BCUT2D eigenvalue weighted by Crippen LogP contribution is 2.36. The number of nitriles is 1. The van der Waals surface area contributed by atoms with Crippen LogP contribution in [0.25, 0.3) is 16.8 Å². The second kappa shape index (κ2) is 7.52. The molecule has 4 rings (SSSR count). The number of aryl methyl sites for hydroxylation is 1. The second-order valence-corrected chi connectivity index (χ2v) is 6.83. The van der Waals surface area contributed by atoms with Crippen LogP contribution >= 0.6 is 11.3 Å². The van der Waals surface area contributed by atoms with E-state index in [2.05, 4.69) is 35.4 Å².